The predicted molar refractivity (Wildman–Crippen MR) is 298 cm³/mol. The Bertz CT molecular complexity index is 3940. The van der Waals surface area contributed by atoms with Crippen molar-refractivity contribution in [3.05, 3.63) is 223 Å². The summed E-state index contributed by atoms with van der Waals surface area (Å²) in [4.78, 5) is 9.73. The summed E-state index contributed by atoms with van der Waals surface area (Å²) in [6.45, 7) is 14.9. The smallest absolute Gasteiger partial charge is 0.121 e. The fraction of sp³-hybridized carbons (Fsp3) is 0.164. The number of fused-ring (bicyclic) bond motifs is 7. The van der Waals surface area contributed by atoms with E-state index >= 15 is 0 Å². The maximum Gasteiger partial charge on any atom is 0.121 e. The van der Waals surface area contributed by atoms with Crippen molar-refractivity contribution in [3.8, 4) is 50.6 Å². The van der Waals surface area contributed by atoms with Gasteiger partial charge in [-0.25, -0.2) is 0 Å². The standard InChI is InChI=1S/C51H39N2O.C16H18N.Ir/c1-31(2)41-26-35(33-16-7-5-8-17-33)27-42(32(3)4)49(41)53-47-25-14-13-24-46(47)52-51(53)40-23-15-22-39-45-30-44-36(29-48(45)54-50(39)40)28-43(34-18-9-6-10-19-34)37-20-11-12-21-38(37)44;1-16(2,3)11-13-9-10-15(17-12-13)14-7-5-4-6-8-14;/h5-22,24-32H,1-4H3;4-7,9-10,12H,11H2,1-3H3;/q2*-1;/i;11D2;. The van der Waals surface area contributed by atoms with Crippen molar-refractivity contribution in [2.75, 3.05) is 0 Å². The molecule has 357 valence electrons. The molecule has 0 bridgehead atoms. The molecular formula is C67H57IrN3O-2. The molecule has 1 radical (unpaired) electrons. The van der Waals surface area contributed by atoms with Crippen LogP contribution in [0.4, 0.5) is 0 Å². The minimum Gasteiger partial charge on any atom is -0.501 e. The van der Waals surface area contributed by atoms with Crippen LogP contribution in [0.25, 0.3) is 105 Å². The molecule has 0 aliphatic carbocycles. The van der Waals surface area contributed by atoms with Crippen LogP contribution in [0.1, 0.15) is 79.7 Å². The number of imidazole rings is 1. The van der Waals surface area contributed by atoms with E-state index in [-0.39, 0.29) is 31.9 Å². The average Bonchev–Trinajstić information content (AvgIpc) is 3.99. The molecule has 0 saturated carbocycles. The van der Waals surface area contributed by atoms with Crippen LogP contribution in [0.2, 0.25) is 0 Å². The predicted octanol–water partition coefficient (Wildman–Crippen LogP) is 18.4. The minimum absolute atomic E-state index is 0. The van der Waals surface area contributed by atoms with Gasteiger partial charge in [0.25, 0.3) is 0 Å². The van der Waals surface area contributed by atoms with Crippen LogP contribution in [-0.4, -0.2) is 14.5 Å². The maximum atomic E-state index is 8.21. The maximum absolute atomic E-state index is 8.21. The van der Waals surface area contributed by atoms with E-state index in [1.54, 1.807) is 6.20 Å². The summed E-state index contributed by atoms with van der Waals surface area (Å²) in [6.07, 6.45) is 0.223. The monoisotopic (exact) mass is 1110 g/mol. The number of rotatable bonds is 8. The fourth-order valence-corrected chi connectivity index (χ4v) is 10.0. The number of aromatic nitrogens is 3. The number of hydrogen-bond acceptors (Lipinski definition) is 3. The average molecular weight is 1110 g/mol. The zero-order chi connectivity index (χ0) is 50.6. The van der Waals surface area contributed by atoms with Crippen molar-refractivity contribution >= 4 is 54.5 Å². The van der Waals surface area contributed by atoms with Crippen molar-refractivity contribution in [3.63, 3.8) is 0 Å². The molecule has 72 heavy (non-hydrogen) atoms. The molecule has 5 heteroatoms. The number of benzene rings is 9. The summed E-state index contributed by atoms with van der Waals surface area (Å²) in [6, 6.07) is 72.4. The van der Waals surface area contributed by atoms with Gasteiger partial charge in [0.05, 0.1) is 22.4 Å². The van der Waals surface area contributed by atoms with Crippen molar-refractivity contribution < 1.29 is 27.3 Å². The molecule has 0 N–H and O–H groups in total. The first-order valence-corrected chi connectivity index (χ1v) is 24.7. The fourth-order valence-electron chi connectivity index (χ4n) is 10.0. The molecule has 0 unspecified atom stereocenters. The van der Waals surface area contributed by atoms with E-state index in [2.05, 4.69) is 195 Å². The van der Waals surface area contributed by atoms with Crippen LogP contribution in [0.5, 0.6) is 0 Å². The van der Waals surface area contributed by atoms with E-state index < -0.39 is 11.8 Å². The van der Waals surface area contributed by atoms with Gasteiger partial charge in [-0.15, -0.1) is 54.1 Å². The van der Waals surface area contributed by atoms with Gasteiger partial charge in [0, 0.05) is 40.1 Å². The molecule has 0 atom stereocenters. The van der Waals surface area contributed by atoms with Crippen molar-refractivity contribution in [1.82, 2.24) is 14.5 Å². The van der Waals surface area contributed by atoms with Gasteiger partial charge in [-0.1, -0.05) is 169 Å². The summed E-state index contributed by atoms with van der Waals surface area (Å²) in [5, 5.41) is 6.98. The second kappa shape index (κ2) is 20.0. The van der Waals surface area contributed by atoms with Crippen LogP contribution in [-0.2, 0) is 26.5 Å². The van der Waals surface area contributed by atoms with Gasteiger partial charge < -0.3 is 14.0 Å². The number of hydrogen-bond donors (Lipinski definition) is 0. The molecule has 12 rings (SSSR count). The molecule has 0 fully saturated rings. The van der Waals surface area contributed by atoms with Crippen LogP contribution >= 0.6 is 0 Å². The van der Waals surface area contributed by atoms with E-state index in [1.165, 1.54) is 55.2 Å². The first kappa shape index (κ1) is 45.7. The Morgan fingerprint density at radius 1 is 0.597 bits per heavy atom. The van der Waals surface area contributed by atoms with Crippen molar-refractivity contribution in [2.24, 2.45) is 5.41 Å². The molecular weight excluding hydrogens is 1050 g/mol. The summed E-state index contributed by atoms with van der Waals surface area (Å²) in [7, 11) is 0. The normalized spacial score (nSPS) is 12.3. The Morgan fingerprint density at radius 2 is 1.26 bits per heavy atom. The SMILES string of the molecule is CC(C)c1cc(-c2ccccc2)cc(C(C)C)c1-n1c(-c2[c-]ccc3c2oc2cc4cc(-c5ccccc5)c5ccccc5c4cc23)nc2ccccc21.[2H]C([2H])(c1ccc(-c2[c-]cccc2)nc1)C(C)(C)C.[Ir]. The Hall–Kier alpha value is -7.43. The second-order valence-corrected chi connectivity index (χ2v) is 20.1. The van der Waals surface area contributed by atoms with Gasteiger partial charge in [-0.05, 0) is 132 Å². The summed E-state index contributed by atoms with van der Waals surface area (Å²) < 4.78 is 25.7. The Labute approximate surface area is 439 Å². The van der Waals surface area contributed by atoms with E-state index in [9.17, 15) is 0 Å². The van der Waals surface area contributed by atoms with Crippen molar-refractivity contribution in [1.29, 1.82) is 0 Å². The molecule has 9 aromatic carbocycles. The summed E-state index contributed by atoms with van der Waals surface area (Å²) >= 11 is 0. The number of para-hydroxylation sites is 2. The van der Waals surface area contributed by atoms with Crippen LogP contribution < -0.4 is 0 Å². The zero-order valence-electron chi connectivity index (χ0n) is 43.7. The van der Waals surface area contributed by atoms with E-state index in [1.807, 2.05) is 63.2 Å². The van der Waals surface area contributed by atoms with Gasteiger partial charge in [0.1, 0.15) is 5.58 Å². The van der Waals surface area contributed by atoms with Crippen LogP contribution in [0.15, 0.2) is 199 Å². The van der Waals surface area contributed by atoms with E-state index in [0.29, 0.717) is 5.56 Å². The van der Waals surface area contributed by atoms with Crippen LogP contribution in [0.3, 0.4) is 0 Å². The third-order valence-electron chi connectivity index (χ3n) is 13.3. The Morgan fingerprint density at radius 3 is 1.93 bits per heavy atom. The first-order valence-electron chi connectivity index (χ1n) is 25.7. The number of pyridine rings is 1. The molecule has 0 aliphatic rings. The Kier molecular flexibility index (Phi) is 12.7. The quantitative estimate of drug-likeness (QED) is 0.112. The molecule has 12 aromatic rings. The second-order valence-electron chi connectivity index (χ2n) is 20.1. The molecule has 3 heterocycles. The van der Waals surface area contributed by atoms with Crippen LogP contribution in [0, 0.1) is 17.5 Å². The molecule has 0 saturated heterocycles. The van der Waals surface area contributed by atoms with Crippen molar-refractivity contribution in [2.45, 2.75) is 66.7 Å². The number of furan rings is 1. The topological polar surface area (TPSA) is 43.9 Å². The summed E-state index contributed by atoms with van der Waals surface area (Å²) in [5.41, 5.74) is 15.0. The third-order valence-corrected chi connectivity index (χ3v) is 13.3. The van der Waals surface area contributed by atoms with E-state index in [0.717, 1.165) is 61.0 Å². The molecule has 0 spiro atoms. The molecule has 0 aliphatic heterocycles. The first-order chi connectivity index (χ1) is 35.3. The third kappa shape index (κ3) is 9.32. The molecule has 4 nitrogen and oxygen atoms in total. The molecule has 0 amide bonds. The molecule has 3 aromatic heterocycles. The minimum atomic E-state index is -1.40. The van der Waals surface area contributed by atoms with Gasteiger partial charge in [0.15, 0.2) is 0 Å². The summed E-state index contributed by atoms with van der Waals surface area (Å²) in [5.74, 6) is 1.37. The van der Waals surface area contributed by atoms with Gasteiger partial charge in [-0.3, -0.25) is 4.98 Å². The van der Waals surface area contributed by atoms with E-state index in [4.69, 9.17) is 12.1 Å². The van der Waals surface area contributed by atoms with Gasteiger partial charge in [0.2, 0.25) is 0 Å². The van der Waals surface area contributed by atoms with Gasteiger partial charge >= 0.3 is 0 Å². The Balaban J connectivity index is 0.000000265. The van der Waals surface area contributed by atoms with Gasteiger partial charge in [-0.2, -0.15) is 0 Å². The largest absolute Gasteiger partial charge is 0.501 e. The number of nitrogens with zero attached hydrogens (tertiary/aromatic N) is 3. The zero-order valence-corrected chi connectivity index (χ0v) is 44.1.